The van der Waals surface area contributed by atoms with Gasteiger partial charge < -0.3 is 10.2 Å². The third kappa shape index (κ3) is 4.18. The van der Waals surface area contributed by atoms with Crippen LogP contribution >= 0.6 is 24.0 Å². The molecular weight excluding hydrogens is 433 g/mol. The van der Waals surface area contributed by atoms with E-state index in [0.29, 0.717) is 6.04 Å². The molecule has 0 fully saturated rings. The van der Waals surface area contributed by atoms with Gasteiger partial charge in [0.05, 0.1) is 6.54 Å². The molecule has 0 aliphatic carbocycles. The molecule has 0 radical (unpaired) electrons. The van der Waals surface area contributed by atoms with E-state index in [0.717, 1.165) is 25.6 Å². The van der Waals surface area contributed by atoms with E-state index >= 15 is 0 Å². The van der Waals surface area contributed by atoms with E-state index in [1.54, 1.807) is 0 Å². The molecule has 134 valence electrons. The predicted octanol–water partition coefficient (Wildman–Crippen LogP) is 4.81. The van der Waals surface area contributed by atoms with Gasteiger partial charge in [-0.25, -0.2) is 0 Å². The van der Waals surface area contributed by atoms with Gasteiger partial charge in [0.25, 0.3) is 0 Å². The average Bonchev–Trinajstić information content (AvgIpc) is 3.00. The van der Waals surface area contributed by atoms with Crippen molar-refractivity contribution < 1.29 is 0 Å². The van der Waals surface area contributed by atoms with E-state index in [1.165, 1.54) is 21.9 Å². The zero-order valence-electron chi connectivity index (χ0n) is 14.9. The van der Waals surface area contributed by atoms with Gasteiger partial charge in [-0.05, 0) is 34.9 Å². The highest BCUT2D eigenvalue weighted by Crippen LogP contribution is 2.17. The fourth-order valence-electron chi connectivity index (χ4n) is 3.31. The van der Waals surface area contributed by atoms with Crippen LogP contribution in [0.5, 0.6) is 0 Å². The Kier molecular flexibility index (Phi) is 6.14. The van der Waals surface area contributed by atoms with Crippen molar-refractivity contribution in [3.63, 3.8) is 0 Å². The van der Waals surface area contributed by atoms with Crippen molar-refractivity contribution >= 4 is 40.7 Å². The second kappa shape index (κ2) is 8.54. The topological polar surface area (TPSA) is 27.6 Å². The summed E-state index contributed by atoms with van der Waals surface area (Å²) in [4.78, 5) is 7.06. The number of benzene rings is 3. The van der Waals surface area contributed by atoms with Crippen LogP contribution in [0.2, 0.25) is 0 Å². The number of aliphatic imine (C=N–C) groups is 1. The summed E-state index contributed by atoms with van der Waals surface area (Å²) in [6.45, 7) is 4.78. The van der Waals surface area contributed by atoms with Gasteiger partial charge in [0.1, 0.15) is 0 Å². The average molecular weight is 457 g/mol. The molecule has 0 bridgehead atoms. The van der Waals surface area contributed by atoms with E-state index in [2.05, 4.69) is 89.9 Å². The van der Waals surface area contributed by atoms with Crippen LogP contribution < -0.4 is 5.32 Å². The van der Waals surface area contributed by atoms with Gasteiger partial charge in [-0.1, -0.05) is 66.7 Å². The number of nitrogens with one attached hydrogen (secondary N) is 1. The van der Waals surface area contributed by atoms with Crippen LogP contribution in [-0.4, -0.2) is 23.4 Å². The summed E-state index contributed by atoms with van der Waals surface area (Å²) in [5, 5.41) is 6.10. The summed E-state index contributed by atoms with van der Waals surface area (Å²) < 4.78 is 0. The van der Waals surface area contributed by atoms with E-state index in [9.17, 15) is 0 Å². The molecule has 0 spiro atoms. The minimum atomic E-state index is 0. The first-order chi connectivity index (χ1) is 12.3. The lowest BCUT2D eigenvalue weighted by Crippen LogP contribution is -2.41. The number of fused-ring (bicyclic) bond motifs is 1. The Morgan fingerprint density at radius 3 is 2.46 bits per heavy atom. The summed E-state index contributed by atoms with van der Waals surface area (Å²) in [6.07, 6.45) is 0. The van der Waals surface area contributed by atoms with Crippen LogP contribution in [0.15, 0.2) is 77.8 Å². The molecule has 0 aromatic heterocycles. The SMILES string of the molecule is C[C@H]1CN=C(NCc2ccc3ccccc3c2)N1Cc1ccccc1.I. The van der Waals surface area contributed by atoms with Crippen LogP contribution in [0.3, 0.4) is 0 Å². The smallest absolute Gasteiger partial charge is 0.194 e. The lowest BCUT2D eigenvalue weighted by Gasteiger charge is -2.26. The number of nitrogens with zero attached hydrogens (tertiary/aromatic N) is 2. The summed E-state index contributed by atoms with van der Waals surface area (Å²) in [6, 6.07) is 26.1. The third-order valence-electron chi connectivity index (χ3n) is 4.77. The van der Waals surface area contributed by atoms with Crippen LogP contribution in [0, 0.1) is 0 Å². The quantitative estimate of drug-likeness (QED) is 0.570. The molecule has 0 unspecified atom stereocenters. The van der Waals surface area contributed by atoms with Gasteiger partial charge in [0.2, 0.25) is 0 Å². The van der Waals surface area contributed by atoms with Crippen LogP contribution in [0.1, 0.15) is 18.1 Å². The minimum Gasteiger partial charge on any atom is -0.352 e. The summed E-state index contributed by atoms with van der Waals surface area (Å²) in [7, 11) is 0. The maximum Gasteiger partial charge on any atom is 0.194 e. The standard InChI is InChI=1S/C22H23N3.HI/c1-17-14-23-22(25(17)16-18-7-3-2-4-8-18)24-15-19-11-12-20-9-5-6-10-21(20)13-19;/h2-13,17H,14-16H2,1H3,(H,23,24);1H/t17-;/m0./s1. The molecule has 1 aliphatic heterocycles. The normalized spacial score (nSPS) is 16.3. The van der Waals surface area contributed by atoms with Gasteiger partial charge in [0.15, 0.2) is 5.96 Å². The maximum absolute atomic E-state index is 4.70. The van der Waals surface area contributed by atoms with Gasteiger partial charge in [-0.3, -0.25) is 4.99 Å². The van der Waals surface area contributed by atoms with Crippen molar-refractivity contribution in [1.82, 2.24) is 10.2 Å². The second-order valence-electron chi connectivity index (χ2n) is 6.66. The summed E-state index contributed by atoms with van der Waals surface area (Å²) in [5.41, 5.74) is 2.59. The van der Waals surface area contributed by atoms with Crippen molar-refractivity contribution in [3.8, 4) is 0 Å². The fraction of sp³-hybridized carbons (Fsp3) is 0.227. The van der Waals surface area contributed by atoms with E-state index < -0.39 is 0 Å². The third-order valence-corrected chi connectivity index (χ3v) is 4.77. The second-order valence-corrected chi connectivity index (χ2v) is 6.66. The van der Waals surface area contributed by atoms with Crippen LogP contribution in [-0.2, 0) is 13.1 Å². The molecule has 26 heavy (non-hydrogen) atoms. The fourth-order valence-corrected chi connectivity index (χ4v) is 3.31. The molecule has 1 heterocycles. The number of guanidine groups is 1. The molecule has 1 atom stereocenters. The molecular formula is C22H24IN3. The Bertz CT molecular complexity index is 892. The number of rotatable bonds is 4. The summed E-state index contributed by atoms with van der Waals surface area (Å²) >= 11 is 0. The van der Waals surface area contributed by atoms with Gasteiger partial charge in [0, 0.05) is 19.1 Å². The molecule has 3 nitrogen and oxygen atoms in total. The van der Waals surface area contributed by atoms with Crippen molar-refractivity contribution in [2.45, 2.75) is 26.1 Å². The monoisotopic (exact) mass is 457 g/mol. The molecule has 4 heteroatoms. The lowest BCUT2D eigenvalue weighted by molar-refractivity contribution is 0.347. The number of hydrogen-bond acceptors (Lipinski definition) is 3. The summed E-state index contributed by atoms with van der Waals surface area (Å²) in [5.74, 6) is 1.00. The van der Waals surface area contributed by atoms with Gasteiger partial charge in [-0.15, -0.1) is 24.0 Å². The van der Waals surface area contributed by atoms with Crippen molar-refractivity contribution in [2.75, 3.05) is 6.54 Å². The molecule has 4 rings (SSSR count). The first-order valence-corrected chi connectivity index (χ1v) is 8.86. The number of halogens is 1. The Balaban J connectivity index is 0.00000196. The van der Waals surface area contributed by atoms with E-state index in [1.807, 2.05) is 0 Å². The molecule has 1 N–H and O–H groups in total. The Hall–Kier alpha value is -2.08. The largest absolute Gasteiger partial charge is 0.352 e. The first kappa shape index (κ1) is 18.7. The minimum absolute atomic E-state index is 0. The zero-order chi connectivity index (χ0) is 17.1. The lowest BCUT2D eigenvalue weighted by atomic mass is 10.1. The first-order valence-electron chi connectivity index (χ1n) is 8.86. The van der Waals surface area contributed by atoms with Gasteiger partial charge in [-0.2, -0.15) is 0 Å². The van der Waals surface area contributed by atoms with E-state index in [-0.39, 0.29) is 24.0 Å². The van der Waals surface area contributed by atoms with Crippen molar-refractivity contribution in [2.24, 2.45) is 4.99 Å². The predicted molar refractivity (Wildman–Crippen MR) is 120 cm³/mol. The molecule has 0 saturated heterocycles. The highest BCUT2D eigenvalue weighted by molar-refractivity contribution is 14.0. The van der Waals surface area contributed by atoms with E-state index in [4.69, 9.17) is 4.99 Å². The molecule has 3 aromatic carbocycles. The van der Waals surface area contributed by atoms with Crippen molar-refractivity contribution in [1.29, 1.82) is 0 Å². The van der Waals surface area contributed by atoms with Crippen LogP contribution in [0.4, 0.5) is 0 Å². The molecule has 1 aliphatic rings. The Labute approximate surface area is 172 Å². The van der Waals surface area contributed by atoms with Gasteiger partial charge >= 0.3 is 0 Å². The van der Waals surface area contributed by atoms with Crippen molar-refractivity contribution in [3.05, 3.63) is 83.9 Å². The highest BCUT2D eigenvalue weighted by Gasteiger charge is 2.23. The Morgan fingerprint density at radius 1 is 0.923 bits per heavy atom. The Morgan fingerprint density at radius 2 is 1.65 bits per heavy atom. The number of hydrogen-bond donors (Lipinski definition) is 1. The highest BCUT2D eigenvalue weighted by atomic mass is 127. The van der Waals surface area contributed by atoms with Crippen LogP contribution in [0.25, 0.3) is 10.8 Å². The maximum atomic E-state index is 4.70. The molecule has 0 saturated carbocycles. The molecule has 3 aromatic rings. The molecule has 0 amide bonds. The zero-order valence-corrected chi connectivity index (χ0v) is 17.3.